The van der Waals surface area contributed by atoms with Crippen LogP contribution in [0.5, 0.6) is 0 Å². The predicted molar refractivity (Wildman–Crippen MR) is 87.5 cm³/mol. The molecule has 20 heavy (non-hydrogen) atoms. The van der Waals surface area contributed by atoms with E-state index in [-0.39, 0.29) is 6.10 Å². The molecule has 0 aromatic heterocycles. The van der Waals surface area contributed by atoms with E-state index in [0.29, 0.717) is 6.04 Å². The van der Waals surface area contributed by atoms with Crippen LogP contribution >= 0.6 is 0 Å². The van der Waals surface area contributed by atoms with Crippen molar-refractivity contribution in [3.8, 4) is 0 Å². The van der Waals surface area contributed by atoms with Crippen LogP contribution in [0.2, 0.25) is 0 Å². The standard InChI is InChI=1S/C18H31NO/c1-7-9-19-17(18(8-2)20-6)12-16-14(4)10-13(3)11-15(16)5/h10-11,17-19H,7-9,12H2,1-6H3. The highest BCUT2D eigenvalue weighted by atomic mass is 16.5. The summed E-state index contributed by atoms with van der Waals surface area (Å²) in [5, 5.41) is 3.66. The Labute approximate surface area is 124 Å². The van der Waals surface area contributed by atoms with Gasteiger partial charge in [-0.2, -0.15) is 0 Å². The van der Waals surface area contributed by atoms with Crippen molar-refractivity contribution < 1.29 is 4.74 Å². The number of methoxy groups -OCH3 is 1. The molecule has 0 fully saturated rings. The van der Waals surface area contributed by atoms with Crippen molar-refractivity contribution in [1.29, 1.82) is 0 Å². The molecule has 2 nitrogen and oxygen atoms in total. The molecule has 2 heteroatoms. The van der Waals surface area contributed by atoms with E-state index in [0.717, 1.165) is 25.8 Å². The van der Waals surface area contributed by atoms with E-state index in [4.69, 9.17) is 4.74 Å². The summed E-state index contributed by atoms with van der Waals surface area (Å²) >= 11 is 0. The van der Waals surface area contributed by atoms with Gasteiger partial charge in [0.05, 0.1) is 6.10 Å². The SMILES string of the molecule is CCCNC(Cc1c(C)cc(C)cc1C)C(CC)OC. The monoisotopic (exact) mass is 277 g/mol. The van der Waals surface area contributed by atoms with Crippen LogP contribution in [-0.4, -0.2) is 25.8 Å². The van der Waals surface area contributed by atoms with Gasteiger partial charge in [0.1, 0.15) is 0 Å². The molecular formula is C18H31NO. The zero-order valence-electron chi connectivity index (χ0n) is 14.0. The molecule has 114 valence electrons. The second kappa shape index (κ2) is 8.43. The van der Waals surface area contributed by atoms with Gasteiger partial charge in [-0.05, 0) is 63.3 Å². The first-order chi connectivity index (χ1) is 9.53. The van der Waals surface area contributed by atoms with E-state index >= 15 is 0 Å². The summed E-state index contributed by atoms with van der Waals surface area (Å²) in [6.07, 6.45) is 3.52. The van der Waals surface area contributed by atoms with Gasteiger partial charge < -0.3 is 10.1 Å². The fourth-order valence-corrected chi connectivity index (χ4v) is 3.03. The molecule has 0 amide bonds. The number of benzene rings is 1. The molecule has 0 radical (unpaired) electrons. The Balaban J connectivity index is 2.94. The number of nitrogens with one attached hydrogen (secondary N) is 1. The smallest absolute Gasteiger partial charge is 0.0724 e. The zero-order valence-corrected chi connectivity index (χ0v) is 14.0. The minimum atomic E-state index is 0.279. The van der Waals surface area contributed by atoms with Crippen LogP contribution in [0.1, 0.15) is 48.9 Å². The van der Waals surface area contributed by atoms with E-state index in [1.807, 2.05) is 7.11 Å². The number of hydrogen-bond acceptors (Lipinski definition) is 2. The minimum absolute atomic E-state index is 0.279. The topological polar surface area (TPSA) is 21.3 Å². The van der Waals surface area contributed by atoms with Crippen LogP contribution in [0.4, 0.5) is 0 Å². The summed E-state index contributed by atoms with van der Waals surface area (Å²) in [5.41, 5.74) is 5.62. The van der Waals surface area contributed by atoms with Gasteiger partial charge in [0.2, 0.25) is 0 Å². The van der Waals surface area contributed by atoms with Crippen LogP contribution in [0, 0.1) is 20.8 Å². The Morgan fingerprint density at radius 1 is 1.10 bits per heavy atom. The third-order valence-electron chi connectivity index (χ3n) is 4.07. The highest BCUT2D eigenvalue weighted by molar-refractivity contribution is 5.38. The molecule has 0 aliphatic carbocycles. The van der Waals surface area contributed by atoms with E-state index in [1.54, 1.807) is 0 Å². The maximum atomic E-state index is 5.67. The van der Waals surface area contributed by atoms with Crippen molar-refractivity contribution in [2.24, 2.45) is 0 Å². The van der Waals surface area contributed by atoms with Gasteiger partial charge in [0.15, 0.2) is 0 Å². The molecular weight excluding hydrogens is 246 g/mol. The summed E-state index contributed by atoms with van der Waals surface area (Å²) < 4.78 is 5.67. The van der Waals surface area contributed by atoms with Crippen molar-refractivity contribution in [2.45, 2.75) is 66.0 Å². The lowest BCUT2D eigenvalue weighted by molar-refractivity contribution is 0.0652. The molecule has 1 aromatic rings. The van der Waals surface area contributed by atoms with Crippen LogP contribution in [0.15, 0.2) is 12.1 Å². The first kappa shape index (κ1) is 17.2. The Morgan fingerprint density at radius 3 is 2.15 bits per heavy atom. The van der Waals surface area contributed by atoms with Crippen molar-refractivity contribution in [3.63, 3.8) is 0 Å². The quantitative estimate of drug-likeness (QED) is 0.777. The lowest BCUT2D eigenvalue weighted by Gasteiger charge is -2.28. The average molecular weight is 277 g/mol. The normalized spacial score (nSPS) is 14.3. The molecule has 0 heterocycles. The molecule has 0 aliphatic rings. The maximum absolute atomic E-state index is 5.67. The number of rotatable bonds is 8. The predicted octanol–water partition coefficient (Wildman–Crippen LogP) is 3.95. The Hall–Kier alpha value is -0.860. The van der Waals surface area contributed by atoms with Crippen LogP contribution < -0.4 is 5.32 Å². The molecule has 0 saturated carbocycles. The van der Waals surface area contributed by atoms with E-state index in [2.05, 4.69) is 52.1 Å². The first-order valence-electron chi connectivity index (χ1n) is 7.86. The van der Waals surface area contributed by atoms with Gasteiger partial charge >= 0.3 is 0 Å². The molecule has 0 saturated heterocycles. The van der Waals surface area contributed by atoms with Gasteiger partial charge in [-0.1, -0.05) is 31.5 Å². The lowest BCUT2D eigenvalue weighted by Crippen LogP contribution is -2.43. The van der Waals surface area contributed by atoms with E-state index in [1.165, 1.54) is 22.3 Å². The number of hydrogen-bond donors (Lipinski definition) is 1. The second-order valence-corrected chi connectivity index (χ2v) is 5.82. The maximum Gasteiger partial charge on any atom is 0.0724 e. The van der Waals surface area contributed by atoms with Crippen molar-refractivity contribution in [3.05, 3.63) is 34.4 Å². The fraction of sp³-hybridized carbons (Fsp3) is 0.667. The Bertz CT molecular complexity index is 387. The second-order valence-electron chi connectivity index (χ2n) is 5.82. The van der Waals surface area contributed by atoms with Crippen molar-refractivity contribution in [2.75, 3.05) is 13.7 Å². The fourth-order valence-electron chi connectivity index (χ4n) is 3.03. The van der Waals surface area contributed by atoms with E-state index < -0.39 is 0 Å². The van der Waals surface area contributed by atoms with Crippen molar-refractivity contribution >= 4 is 0 Å². The van der Waals surface area contributed by atoms with Gasteiger partial charge in [-0.15, -0.1) is 0 Å². The molecule has 0 aliphatic heterocycles. The third-order valence-corrected chi connectivity index (χ3v) is 4.07. The molecule has 0 bridgehead atoms. The molecule has 2 atom stereocenters. The highest BCUT2D eigenvalue weighted by Gasteiger charge is 2.21. The molecule has 1 rings (SSSR count). The van der Waals surface area contributed by atoms with Gasteiger partial charge in [-0.3, -0.25) is 0 Å². The number of aryl methyl sites for hydroxylation is 3. The van der Waals surface area contributed by atoms with Gasteiger partial charge in [0, 0.05) is 13.2 Å². The largest absolute Gasteiger partial charge is 0.380 e. The van der Waals surface area contributed by atoms with Crippen LogP contribution in [0.25, 0.3) is 0 Å². The Kier molecular flexibility index (Phi) is 7.25. The summed E-state index contributed by atoms with van der Waals surface area (Å²) in [7, 11) is 1.82. The Morgan fingerprint density at radius 2 is 1.70 bits per heavy atom. The third kappa shape index (κ3) is 4.60. The van der Waals surface area contributed by atoms with Crippen LogP contribution in [0.3, 0.4) is 0 Å². The van der Waals surface area contributed by atoms with Gasteiger partial charge in [-0.25, -0.2) is 0 Å². The molecule has 1 aromatic carbocycles. The molecule has 0 spiro atoms. The van der Waals surface area contributed by atoms with Crippen molar-refractivity contribution in [1.82, 2.24) is 5.32 Å². The molecule has 2 unspecified atom stereocenters. The summed E-state index contributed by atoms with van der Waals surface area (Å²) in [4.78, 5) is 0. The van der Waals surface area contributed by atoms with E-state index in [9.17, 15) is 0 Å². The number of ether oxygens (including phenoxy) is 1. The minimum Gasteiger partial charge on any atom is -0.380 e. The summed E-state index contributed by atoms with van der Waals surface area (Å²) in [6, 6.07) is 4.96. The first-order valence-corrected chi connectivity index (χ1v) is 7.86. The average Bonchev–Trinajstić information content (AvgIpc) is 2.40. The molecule has 1 N–H and O–H groups in total. The lowest BCUT2D eigenvalue weighted by atomic mass is 9.91. The van der Waals surface area contributed by atoms with Gasteiger partial charge in [0.25, 0.3) is 0 Å². The summed E-state index contributed by atoms with van der Waals surface area (Å²) in [6.45, 7) is 12.1. The highest BCUT2D eigenvalue weighted by Crippen LogP contribution is 2.20. The van der Waals surface area contributed by atoms with Crippen LogP contribution in [-0.2, 0) is 11.2 Å². The summed E-state index contributed by atoms with van der Waals surface area (Å²) in [5.74, 6) is 0. The zero-order chi connectivity index (χ0) is 15.1.